The Labute approximate surface area is 148 Å². The number of nitrogens with one attached hydrogen (secondary N) is 1. The molecule has 1 amide bonds. The summed E-state index contributed by atoms with van der Waals surface area (Å²) in [4.78, 5) is 12.2. The van der Waals surface area contributed by atoms with Crippen molar-refractivity contribution in [1.29, 1.82) is 0 Å². The molecule has 0 spiro atoms. The third-order valence-electron chi connectivity index (χ3n) is 3.36. The molecule has 0 aliphatic heterocycles. The predicted molar refractivity (Wildman–Crippen MR) is 93.0 cm³/mol. The molecule has 0 aliphatic carbocycles. The molecule has 3 rings (SSSR count). The summed E-state index contributed by atoms with van der Waals surface area (Å²) in [7, 11) is 3.36. The van der Waals surface area contributed by atoms with Crippen molar-refractivity contribution < 1.29 is 9.53 Å². The number of methoxy groups -OCH3 is 1. The SMILES string of the molecule is COc1ccccc1-n1nnnc1SCC(=O)Nc1cc(C)nn1C. The lowest BCUT2D eigenvalue weighted by Crippen LogP contribution is -2.16. The molecule has 0 fully saturated rings. The van der Waals surface area contributed by atoms with Crippen LogP contribution < -0.4 is 10.1 Å². The number of carbonyl (C=O) groups excluding carboxylic acids is 1. The Balaban J connectivity index is 1.69. The standard InChI is InChI=1S/C15H17N7O2S/c1-10-8-13(21(2)18-10)16-14(23)9-25-15-17-19-20-22(15)11-6-4-5-7-12(11)24-3/h4-8H,9H2,1-3H3,(H,16,23). The average Bonchev–Trinajstić information content (AvgIpc) is 3.19. The molecule has 9 nitrogen and oxygen atoms in total. The Morgan fingerprint density at radius 3 is 2.88 bits per heavy atom. The smallest absolute Gasteiger partial charge is 0.235 e. The van der Waals surface area contributed by atoms with Crippen LogP contribution in [-0.2, 0) is 11.8 Å². The summed E-state index contributed by atoms with van der Waals surface area (Å²) in [6.07, 6.45) is 0. The van der Waals surface area contributed by atoms with E-state index in [1.807, 2.05) is 37.3 Å². The highest BCUT2D eigenvalue weighted by atomic mass is 32.2. The van der Waals surface area contributed by atoms with Crippen molar-refractivity contribution in [3.63, 3.8) is 0 Å². The van der Waals surface area contributed by atoms with Gasteiger partial charge in [0, 0.05) is 13.1 Å². The maximum atomic E-state index is 12.2. The molecule has 1 aromatic carbocycles. The maximum Gasteiger partial charge on any atom is 0.235 e. The number of hydrogen-bond acceptors (Lipinski definition) is 7. The zero-order chi connectivity index (χ0) is 17.8. The van der Waals surface area contributed by atoms with Crippen molar-refractivity contribution in [2.75, 3.05) is 18.2 Å². The van der Waals surface area contributed by atoms with Crippen LogP contribution in [0.1, 0.15) is 5.69 Å². The Morgan fingerprint density at radius 2 is 2.16 bits per heavy atom. The van der Waals surface area contributed by atoms with Gasteiger partial charge in [0.15, 0.2) is 0 Å². The first kappa shape index (κ1) is 17.0. The summed E-state index contributed by atoms with van der Waals surface area (Å²) >= 11 is 1.24. The highest BCUT2D eigenvalue weighted by Gasteiger charge is 2.15. The van der Waals surface area contributed by atoms with Gasteiger partial charge >= 0.3 is 0 Å². The number of hydrogen-bond donors (Lipinski definition) is 1. The van der Waals surface area contributed by atoms with Gasteiger partial charge in [-0.25, -0.2) is 0 Å². The van der Waals surface area contributed by atoms with Crippen molar-refractivity contribution in [1.82, 2.24) is 30.0 Å². The topological polar surface area (TPSA) is 99.8 Å². The van der Waals surface area contributed by atoms with Gasteiger partial charge in [-0.1, -0.05) is 23.9 Å². The number of benzene rings is 1. The van der Waals surface area contributed by atoms with E-state index >= 15 is 0 Å². The van der Waals surface area contributed by atoms with Crippen LogP contribution in [0.15, 0.2) is 35.5 Å². The van der Waals surface area contributed by atoms with Crippen LogP contribution in [0.4, 0.5) is 5.82 Å². The van der Waals surface area contributed by atoms with Gasteiger partial charge in [-0.15, -0.1) is 5.10 Å². The third kappa shape index (κ3) is 3.79. The van der Waals surface area contributed by atoms with Gasteiger partial charge in [0.1, 0.15) is 17.3 Å². The fourth-order valence-corrected chi connectivity index (χ4v) is 2.95. The minimum atomic E-state index is -0.164. The number of tetrazole rings is 1. The number of para-hydroxylation sites is 2. The Hall–Kier alpha value is -2.88. The van der Waals surface area contributed by atoms with Gasteiger partial charge in [-0.05, 0) is 29.5 Å². The van der Waals surface area contributed by atoms with Gasteiger partial charge < -0.3 is 10.1 Å². The monoisotopic (exact) mass is 359 g/mol. The average molecular weight is 359 g/mol. The Kier molecular flexibility index (Phi) is 4.98. The summed E-state index contributed by atoms with van der Waals surface area (Å²) in [5.41, 5.74) is 1.55. The summed E-state index contributed by atoms with van der Waals surface area (Å²) in [6.45, 7) is 1.87. The number of rotatable bonds is 6. The molecule has 130 valence electrons. The highest BCUT2D eigenvalue weighted by molar-refractivity contribution is 7.99. The zero-order valence-corrected chi connectivity index (χ0v) is 14.8. The van der Waals surface area contributed by atoms with E-state index in [4.69, 9.17) is 4.74 Å². The first-order valence-electron chi connectivity index (χ1n) is 7.43. The maximum absolute atomic E-state index is 12.2. The highest BCUT2D eigenvalue weighted by Crippen LogP contribution is 2.25. The van der Waals surface area contributed by atoms with Crippen molar-refractivity contribution >= 4 is 23.5 Å². The molecule has 0 saturated heterocycles. The molecule has 0 unspecified atom stereocenters. The van der Waals surface area contributed by atoms with E-state index in [9.17, 15) is 4.79 Å². The molecule has 0 radical (unpaired) electrons. The molecule has 25 heavy (non-hydrogen) atoms. The number of thioether (sulfide) groups is 1. The first-order valence-corrected chi connectivity index (χ1v) is 8.42. The predicted octanol–water partition coefficient (Wildman–Crippen LogP) is 1.44. The Morgan fingerprint density at radius 1 is 1.36 bits per heavy atom. The first-order chi connectivity index (χ1) is 12.1. The summed E-state index contributed by atoms with van der Waals surface area (Å²) in [5.74, 6) is 1.29. The normalized spacial score (nSPS) is 10.7. The van der Waals surface area contributed by atoms with Crippen LogP contribution in [-0.4, -0.2) is 48.8 Å². The molecule has 10 heteroatoms. The van der Waals surface area contributed by atoms with E-state index in [1.165, 1.54) is 11.8 Å². The fourth-order valence-electron chi connectivity index (χ4n) is 2.26. The molecule has 0 aliphatic rings. The molecule has 1 N–H and O–H groups in total. The van der Waals surface area contributed by atoms with Crippen molar-refractivity contribution in [3.05, 3.63) is 36.0 Å². The van der Waals surface area contributed by atoms with E-state index in [0.717, 1.165) is 5.69 Å². The second-order valence-electron chi connectivity index (χ2n) is 5.18. The summed E-state index contributed by atoms with van der Waals surface area (Å²) in [5, 5.41) is 19.2. The van der Waals surface area contributed by atoms with Gasteiger partial charge in [0.25, 0.3) is 0 Å². The molecule has 0 saturated carbocycles. The number of amides is 1. The number of aryl methyl sites for hydroxylation is 2. The van der Waals surface area contributed by atoms with Crippen LogP contribution in [0.5, 0.6) is 5.75 Å². The lowest BCUT2D eigenvalue weighted by Gasteiger charge is -2.09. The molecule has 3 aromatic rings. The van der Waals surface area contributed by atoms with Gasteiger partial charge in [0.2, 0.25) is 11.1 Å². The second-order valence-corrected chi connectivity index (χ2v) is 6.12. The van der Waals surface area contributed by atoms with Crippen LogP contribution in [0.3, 0.4) is 0 Å². The van der Waals surface area contributed by atoms with E-state index in [1.54, 1.807) is 23.5 Å². The number of anilines is 1. The lowest BCUT2D eigenvalue weighted by atomic mass is 10.3. The Bertz CT molecular complexity index is 890. The molecular weight excluding hydrogens is 342 g/mol. The van der Waals surface area contributed by atoms with E-state index in [-0.39, 0.29) is 11.7 Å². The third-order valence-corrected chi connectivity index (χ3v) is 4.28. The molecule has 0 atom stereocenters. The second kappa shape index (κ2) is 7.34. The van der Waals surface area contributed by atoms with E-state index < -0.39 is 0 Å². The number of carbonyl (C=O) groups is 1. The largest absolute Gasteiger partial charge is 0.494 e. The quantitative estimate of drug-likeness (QED) is 0.665. The molecule has 0 bridgehead atoms. The molecular formula is C15H17N7O2S. The van der Waals surface area contributed by atoms with Gasteiger partial charge in [-0.3, -0.25) is 9.48 Å². The van der Waals surface area contributed by atoms with E-state index in [0.29, 0.717) is 22.4 Å². The molecule has 2 heterocycles. The molecule has 2 aromatic heterocycles. The van der Waals surface area contributed by atoms with Crippen molar-refractivity contribution in [2.45, 2.75) is 12.1 Å². The minimum absolute atomic E-state index is 0.164. The van der Waals surface area contributed by atoms with Crippen LogP contribution in [0.25, 0.3) is 5.69 Å². The van der Waals surface area contributed by atoms with Crippen molar-refractivity contribution in [3.8, 4) is 11.4 Å². The lowest BCUT2D eigenvalue weighted by molar-refractivity contribution is -0.113. The summed E-state index contributed by atoms with van der Waals surface area (Å²) < 4.78 is 8.50. The number of ether oxygens (including phenoxy) is 1. The van der Waals surface area contributed by atoms with Gasteiger partial charge in [0.05, 0.1) is 18.6 Å². The number of nitrogens with zero attached hydrogens (tertiary/aromatic N) is 6. The van der Waals surface area contributed by atoms with Crippen LogP contribution >= 0.6 is 11.8 Å². The van der Waals surface area contributed by atoms with Crippen LogP contribution in [0.2, 0.25) is 0 Å². The van der Waals surface area contributed by atoms with Crippen LogP contribution in [0, 0.1) is 6.92 Å². The number of aromatic nitrogens is 6. The zero-order valence-electron chi connectivity index (χ0n) is 14.0. The van der Waals surface area contributed by atoms with Gasteiger partial charge in [-0.2, -0.15) is 9.78 Å². The summed E-state index contributed by atoms with van der Waals surface area (Å²) in [6, 6.07) is 9.20. The van der Waals surface area contributed by atoms with Crippen molar-refractivity contribution in [2.24, 2.45) is 7.05 Å². The van der Waals surface area contributed by atoms with E-state index in [2.05, 4.69) is 25.9 Å². The fraction of sp³-hybridized carbons (Fsp3) is 0.267. The minimum Gasteiger partial charge on any atom is -0.494 e.